The standard InChI is InChI=1S/C10H12N4O/c1-11-8-4-3-7-14(10(8)15)9-5-6-12-13(9)2/h3-7,11H,1-2H3. The van der Waals surface area contributed by atoms with Gasteiger partial charge < -0.3 is 5.32 Å². The summed E-state index contributed by atoms with van der Waals surface area (Å²) in [7, 11) is 3.53. The highest BCUT2D eigenvalue weighted by molar-refractivity contribution is 5.41. The summed E-state index contributed by atoms with van der Waals surface area (Å²) in [6.07, 6.45) is 3.38. The molecule has 0 radical (unpaired) electrons. The molecule has 0 fully saturated rings. The van der Waals surface area contributed by atoms with Crippen molar-refractivity contribution in [2.75, 3.05) is 12.4 Å². The summed E-state index contributed by atoms with van der Waals surface area (Å²) in [6.45, 7) is 0. The number of nitrogens with one attached hydrogen (secondary N) is 1. The Balaban J connectivity index is 2.64. The van der Waals surface area contributed by atoms with Crippen LogP contribution < -0.4 is 10.9 Å². The van der Waals surface area contributed by atoms with E-state index in [2.05, 4.69) is 10.4 Å². The number of aromatic nitrogens is 3. The second-order valence-corrected chi connectivity index (χ2v) is 3.16. The maximum atomic E-state index is 11.9. The van der Waals surface area contributed by atoms with E-state index in [9.17, 15) is 4.79 Å². The zero-order chi connectivity index (χ0) is 10.8. The summed E-state index contributed by atoms with van der Waals surface area (Å²) >= 11 is 0. The third-order valence-corrected chi connectivity index (χ3v) is 2.26. The van der Waals surface area contributed by atoms with Crippen LogP contribution in [0.2, 0.25) is 0 Å². The van der Waals surface area contributed by atoms with Crippen LogP contribution in [0, 0.1) is 0 Å². The topological polar surface area (TPSA) is 51.9 Å². The molecule has 0 spiro atoms. The van der Waals surface area contributed by atoms with E-state index in [0.29, 0.717) is 5.69 Å². The van der Waals surface area contributed by atoms with Crippen LogP contribution in [0.4, 0.5) is 5.69 Å². The highest BCUT2D eigenvalue weighted by Gasteiger charge is 2.05. The molecule has 0 atom stereocenters. The molecule has 2 heterocycles. The van der Waals surface area contributed by atoms with Crippen LogP contribution in [0.25, 0.3) is 5.82 Å². The normalized spacial score (nSPS) is 10.3. The number of nitrogens with zero attached hydrogens (tertiary/aromatic N) is 3. The van der Waals surface area contributed by atoms with Crippen molar-refractivity contribution in [1.82, 2.24) is 14.3 Å². The number of rotatable bonds is 2. The molecule has 2 rings (SSSR count). The Kier molecular flexibility index (Phi) is 2.29. The lowest BCUT2D eigenvalue weighted by Gasteiger charge is -2.07. The van der Waals surface area contributed by atoms with Crippen molar-refractivity contribution < 1.29 is 0 Å². The Hall–Kier alpha value is -2.04. The van der Waals surface area contributed by atoms with Crippen LogP contribution in [0.3, 0.4) is 0 Å². The predicted octanol–water partition coefficient (Wildman–Crippen LogP) is 0.613. The molecule has 2 aromatic heterocycles. The van der Waals surface area contributed by atoms with E-state index in [-0.39, 0.29) is 5.56 Å². The van der Waals surface area contributed by atoms with E-state index in [1.807, 2.05) is 6.07 Å². The molecule has 0 aromatic carbocycles. The molecule has 0 amide bonds. The molecule has 0 saturated heterocycles. The molecule has 15 heavy (non-hydrogen) atoms. The van der Waals surface area contributed by atoms with Crippen molar-refractivity contribution >= 4 is 5.69 Å². The van der Waals surface area contributed by atoms with E-state index in [4.69, 9.17) is 0 Å². The molecule has 0 saturated carbocycles. The summed E-state index contributed by atoms with van der Waals surface area (Å²) < 4.78 is 3.21. The van der Waals surface area contributed by atoms with Gasteiger partial charge in [0.2, 0.25) is 0 Å². The molecule has 1 N–H and O–H groups in total. The molecule has 0 aliphatic carbocycles. The average Bonchev–Trinajstić information content (AvgIpc) is 2.65. The molecule has 78 valence electrons. The van der Waals surface area contributed by atoms with Crippen molar-refractivity contribution in [1.29, 1.82) is 0 Å². The molecule has 0 aliphatic heterocycles. The first kappa shape index (κ1) is 9.51. The Bertz CT molecular complexity index is 526. The minimum absolute atomic E-state index is 0.0800. The van der Waals surface area contributed by atoms with Crippen LogP contribution in [-0.4, -0.2) is 21.4 Å². The molecule has 2 aromatic rings. The van der Waals surface area contributed by atoms with Crippen LogP contribution in [0.5, 0.6) is 0 Å². The Labute approximate surface area is 87.0 Å². The summed E-state index contributed by atoms with van der Waals surface area (Å²) in [5.74, 6) is 0.747. The lowest BCUT2D eigenvalue weighted by atomic mass is 10.4. The van der Waals surface area contributed by atoms with Gasteiger partial charge in [-0.1, -0.05) is 0 Å². The molecular formula is C10H12N4O. The van der Waals surface area contributed by atoms with Gasteiger partial charge in [0.05, 0.1) is 6.20 Å². The number of hydrogen-bond donors (Lipinski definition) is 1. The first-order valence-corrected chi connectivity index (χ1v) is 4.62. The van der Waals surface area contributed by atoms with Gasteiger partial charge >= 0.3 is 0 Å². The van der Waals surface area contributed by atoms with Gasteiger partial charge in [0.1, 0.15) is 11.5 Å². The Morgan fingerprint density at radius 1 is 1.40 bits per heavy atom. The lowest BCUT2D eigenvalue weighted by molar-refractivity contribution is 0.722. The number of hydrogen-bond acceptors (Lipinski definition) is 3. The third kappa shape index (κ3) is 1.52. The second-order valence-electron chi connectivity index (χ2n) is 3.16. The van der Waals surface area contributed by atoms with Crippen molar-refractivity contribution in [3.63, 3.8) is 0 Å². The van der Waals surface area contributed by atoms with E-state index < -0.39 is 0 Å². The van der Waals surface area contributed by atoms with Crippen LogP contribution >= 0.6 is 0 Å². The minimum atomic E-state index is -0.0800. The second kappa shape index (κ2) is 3.61. The van der Waals surface area contributed by atoms with E-state index >= 15 is 0 Å². The molecule has 0 unspecified atom stereocenters. The number of aryl methyl sites for hydroxylation is 1. The van der Waals surface area contributed by atoms with Gasteiger partial charge in [0, 0.05) is 26.4 Å². The van der Waals surface area contributed by atoms with Gasteiger partial charge in [-0.05, 0) is 12.1 Å². The SMILES string of the molecule is CNc1cccn(-c2ccnn2C)c1=O. The van der Waals surface area contributed by atoms with Crippen LogP contribution in [0.1, 0.15) is 0 Å². The van der Waals surface area contributed by atoms with Crippen molar-refractivity contribution in [3.8, 4) is 5.82 Å². The first-order chi connectivity index (χ1) is 7.24. The zero-order valence-electron chi connectivity index (χ0n) is 8.64. The van der Waals surface area contributed by atoms with E-state index in [0.717, 1.165) is 5.82 Å². The first-order valence-electron chi connectivity index (χ1n) is 4.62. The zero-order valence-corrected chi connectivity index (χ0v) is 8.64. The van der Waals surface area contributed by atoms with Gasteiger partial charge in [-0.3, -0.25) is 14.0 Å². The fourth-order valence-corrected chi connectivity index (χ4v) is 1.47. The monoisotopic (exact) mass is 204 g/mol. The van der Waals surface area contributed by atoms with Gasteiger partial charge in [0.25, 0.3) is 5.56 Å². The largest absolute Gasteiger partial charge is 0.384 e. The molecule has 5 heteroatoms. The number of anilines is 1. The molecule has 0 aliphatic rings. The fourth-order valence-electron chi connectivity index (χ4n) is 1.47. The van der Waals surface area contributed by atoms with Crippen LogP contribution in [0.15, 0.2) is 35.4 Å². The quantitative estimate of drug-likeness (QED) is 0.780. The third-order valence-electron chi connectivity index (χ3n) is 2.26. The van der Waals surface area contributed by atoms with Crippen molar-refractivity contribution in [3.05, 3.63) is 40.9 Å². The highest BCUT2D eigenvalue weighted by Crippen LogP contribution is 2.04. The molecular weight excluding hydrogens is 192 g/mol. The summed E-state index contributed by atoms with van der Waals surface area (Å²) in [4.78, 5) is 11.9. The Morgan fingerprint density at radius 2 is 2.20 bits per heavy atom. The maximum Gasteiger partial charge on any atom is 0.279 e. The maximum absolute atomic E-state index is 11.9. The van der Waals surface area contributed by atoms with Gasteiger partial charge in [-0.2, -0.15) is 5.10 Å². The molecule has 0 bridgehead atoms. The van der Waals surface area contributed by atoms with Crippen LogP contribution in [-0.2, 0) is 7.05 Å². The predicted molar refractivity (Wildman–Crippen MR) is 58.4 cm³/mol. The van der Waals surface area contributed by atoms with E-state index in [1.54, 1.807) is 47.9 Å². The summed E-state index contributed by atoms with van der Waals surface area (Å²) in [6, 6.07) is 5.36. The van der Waals surface area contributed by atoms with Gasteiger partial charge in [0.15, 0.2) is 0 Å². The number of pyridine rings is 1. The average molecular weight is 204 g/mol. The van der Waals surface area contributed by atoms with Crippen molar-refractivity contribution in [2.45, 2.75) is 0 Å². The Morgan fingerprint density at radius 3 is 2.80 bits per heavy atom. The summed E-state index contributed by atoms with van der Waals surface area (Å²) in [5, 5.41) is 6.88. The highest BCUT2D eigenvalue weighted by atomic mass is 16.1. The minimum Gasteiger partial charge on any atom is -0.384 e. The fraction of sp³-hybridized carbons (Fsp3) is 0.200. The summed E-state index contributed by atoms with van der Waals surface area (Å²) in [5.41, 5.74) is 0.488. The molecule has 5 nitrogen and oxygen atoms in total. The van der Waals surface area contributed by atoms with Crippen molar-refractivity contribution in [2.24, 2.45) is 7.05 Å². The lowest BCUT2D eigenvalue weighted by Crippen LogP contribution is -2.22. The van der Waals surface area contributed by atoms with E-state index in [1.165, 1.54) is 0 Å². The van der Waals surface area contributed by atoms with Gasteiger partial charge in [-0.15, -0.1) is 0 Å². The smallest absolute Gasteiger partial charge is 0.279 e. The van der Waals surface area contributed by atoms with Gasteiger partial charge in [-0.25, -0.2) is 0 Å².